The number of fused-ring (bicyclic) bond motifs is 1. The number of para-hydroxylation sites is 1. The largest absolute Gasteiger partial charge is 0.346 e. The number of nitrogens with zero attached hydrogens (tertiary/aromatic N) is 2. The number of carbonyl (C=O) groups is 1. The van der Waals surface area contributed by atoms with Gasteiger partial charge in [0.2, 0.25) is 0 Å². The average molecular weight is 347 g/mol. The first-order valence-electron chi connectivity index (χ1n) is 9.23. The Labute approximate surface area is 153 Å². The maximum Gasteiger partial charge on any atom is 0.252 e. The van der Waals surface area contributed by atoms with E-state index in [1.54, 1.807) is 17.3 Å². The molecule has 0 spiro atoms. The SMILES string of the molecule is O=C(NCC[NH+]1CCCC1)c1cc(-c2ccncc2)nc2ccccc12. The fraction of sp³-hybridized carbons (Fsp3) is 0.286. The number of pyridine rings is 2. The van der Waals surface area contributed by atoms with Crippen LogP contribution in [0.3, 0.4) is 0 Å². The minimum atomic E-state index is -0.0301. The number of quaternary nitrogens is 1. The summed E-state index contributed by atoms with van der Waals surface area (Å²) in [6.07, 6.45) is 6.08. The predicted octanol–water partition coefficient (Wildman–Crippen LogP) is 1.71. The smallest absolute Gasteiger partial charge is 0.252 e. The van der Waals surface area contributed by atoms with Crippen LogP contribution in [0.15, 0.2) is 54.9 Å². The molecule has 5 heteroatoms. The lowest BCUT2D eigenvalue weighted by molar-refractivity contribution is -0.886. The van der Waals surface area contributed by atoms with E-state index in [2.05, 4.69) is 10.3 Å². The van der Waals surface area contributed by atoms with Crippen molar-refractivity contribution in [1.29, 1.82) is 0 Å². The van der Waals surface area contributed by atoms with Crippen LogP contribution < -0.4 is 10.2 Å². The van der Waals surface area contributed by atoms with Crippen molar-refractivity contribution in [3.63, 3.8) is 0 Å². The van der Waals surface area contributed by atoms with Crippen LogP contribution in [0.2, 0.25) is 0 Å². The van der Waals surface area contributed by atoms with Crippen molar-refractivity contribution in [3.8, 4) is 11.3 Å². The fourth-order valence-electron chi connectivity index (χ4n) is 3.61. The molecule has 0 radical (unpaired) electrons. The van der Waals surface area contributed by atoms with Crippen molar-refractivity contribution in [2.75, 3.05) is 26.2 Å². The van der Waals surface area contributed by atoms with Crippen LogP contribution in [-0.2, 0) is 0 Å². The molecule has 1 aromatic carbocycles. The van der Waals surface area contributed by atoms with Gasteiger partial charge in [-0.2, -0.15) is 0 Å². The van der Waals surface area contributed by atoms with E-state index in [0.717, 1.165) is 28.7 Å². The van der Waals surface area contributed by atoms with E-state index in [-0.39, 0.29) is 5.91 Å². The van der Waals surface area contributed by atoms with Crippen molar-refractivity contribution >= 4 is 16.8 Å². The first-order chi connectivity index (χ1) is 12.8. The monoisotopic (exact) mass is 347 g/mol. The van der Waals surface area contributed by atoms with Crippen LogP contribution in [0.4, 0.5) is 0 Å². The van der Waals surface area contributed by atoms with Crippen molar-refractivity contribution < 1.29 is 9.69 Å². The summed E-state index contributed by atoms with van der Waals surface area (Å²) in [7, 11) is 0. The van der Waals surface area contributed by atoms with Crippen molar-refractivity contribution in [1.82, 2.24) is 15.3 Å². The van der Waals surface area contributed by atoms with Crippen LogP contribution in [0.25, 0.3) is 22.2 Å². The zero-order valence-electron chi connectivity index (χ0n) is 14.7. The van der Waals surface area contributed by atoms with Gasteiger partial charge in [0, 0.05) is 36.2 Å². The Morgan fingerprint density at radius 2 is 1.85 bits per heavy atom. The zero-order valence-corrected chi connectivity index (χ0v) is 14.7. The third-order valence-electron chi connectivity index (χ3n) is 5.01. The van der Waals surface area contributed by atoms with Crippen molar-refractivity contribution in [2.45, 2.75) is 12.8 Å². The number of hydrogen-bond donors (Lipinski definition) is 2. The minimum Gasteiger partial charge on any atom is -0.346 e. The lowest BCUT2D eigenvalue weighted by Gasteiger charge is -2.13. The topological polar surface area (TPSA) is 59.3 Å². The van der Waals surface area contributed by atoms with Crippen LogP contribution in [0.5, 0.6) is 0 Å². The number of carbonyl (C=O) groups excluding carboxylic acids is 1. The van der Waals surface area contributed by atoms with Gasteiger partial charge in [-0.1, -0.05) is 18.2 Å². The third kappa shape index (κ3) is 3.58. The summed E-state index contributed by atoms with van der Waals surface area (Å²) >= 11 is 0. The van der Waals surface area contributed by atoms with Gasteiger partial charge in [0.1, 0.15) is 0 Å². The number of hydrogen-bond acceptors (Lipinski definition) is 3. The van der Waals surface area contributed by atoms with Gasteiger partial charge < -0.3 is 10.2 Å². The second-order valence-electron chi connectivity index (χ2n) is 6.77. The van der Waals surface area contributed by atoms with E-state index in [1.807, 2.05) is 42.5 Å². The third-order valence-corrected chi connectivity index (χ3v) is 5.01. The fourth-order valence-corrected chi connectivity index (χ4v) is 3.61. The molecule has 132 valence electrons. The maximum atomic E-state index is 12.9. The van der Waals surface area contributed by atoms with Crippen LogP contribution >= 0.6 is 0 Å². The summed E-state index contributed by atoms with van der Waals surface area (Å²) in [4.78, 5) is 23.2. The Balaban J connectivity index is 1.61. The summed E-state index contributed by atoms with van der Waals surface area (Å²) in [5, 5.41) is 3.98. The maximum absolute atomic E-state index is 12.9. The standard InChI is InChI=1S/C21H22N4O/c26-21(23-11-14-25-12-3-4-13-25)18-15-20(16-7-9-22-10-8-16)24-19-6-2-1-5-17(18)19/h1-2,5-10,15H,3-4,11-14H2,(H,23,26)/p+1. The second kappa shape index (κ2) is 7.62. The molecule has 0 saturated carbocycles. The predicted molar refractivity (Wildman–Crippen MR) is 102 cm³/mol. The molecule has 26 heavy (non-hydrogen) atoms. The quantitative estimate of drug-likeness (QED) is 0.739. The van der Waals surface area contributed by atoms with Gasteiger partial charge in [0.15, 0.2) is 0 Å². The number of amides is 1. The molecule has 1 saturated heterocycles. The van der Waals surface area contributed by atoms with Gasteiger partial charge >= 0.3 is 0 Å². The molecule has 3 heterocycles. The average Bonchev–Trinajstić information content (AvgIpc) is 3.21. The van der Waals surface area contributed by atoms with E-state index in [0.29, 0.717) is 12.1 Å². The Hall–Kier alpha value is -2.79. The first-order valence-corrected chi connectivity index (χ1v) is 9.23. The normalized spacial score (nSPS) is 14.6. The van der Waals surface area contributed by atoms with Gasteiger partial charge in [-0.05, 0) is 24.3 Å². The molecule has 2 N–H and O–H groups in total. The molecule has 5 nitrogen and oxygen atoms in total. The molecule has 1 aliphatic heterocycles. The van der Waals surface area contributed by atoms with Gasteiger partial charge in [-0.15, -0.1) is 0 Å². The molecule has 2 aromatic heterocycles. The number of rotatable bonds is 5. The highest BCUT2D eigenvalue weighted by molar-refractivity contribution is 6.07. The van der Waals surface area contributed by atoms with E-state index in [1.165, 1.54) is 25.9 Å². The number of aromatic nitrogens is 2. The van der Waals surface area contributed by atoms with E-state index in [4.69, 9.17) is 4.98 Å². The molecule has 4 rings (SSSR count). The molecule has 0 aliphatic carbocycles. The molecule has 0 unspecified atom stereocenters. The zero-order chi connectivity index (χ0) is 17.8. The van der Waals surface area contributed by atoms with E-state index < -0.39 is 0 Å². The highest BCUT2D eigenvalue weighted by Crippen LogP contribution is 2.24. The van der Waals surface area contributed by atoms with Crippen LogP contribution in [-0.4, -0.2) is 42.1 Å². The first kappa shape index (κ1) is 16.7. The summed E-state index contributed by atoms with van der Waals surface area (Å²) in [5.74, 6) is -0.0301. The molecule has 0 bridgehead atoms. The van der Waals surface area contributed by atoms with Gasteiger partial charge in [-0.25, -0.2) is 4.98 Å². The summed E-state index contributed by atoms with van der Waals surface area (Å²) < 4.78 is 0. The van der Waals surface area contributed by atoms with Crippen molar-refractivity contribution in [3.05, 3.63) is 60.4 Å². The van der Waals surface area contributed by atoms with Gasteiger partial charge in [-0.3, -0.25) is 9.78 Å². The molecule has 1 amide bonds. The Bertz CT molecular complexity index is 904. The van der Waals surface area contributed by atoms with Crippen molar-refractivity contribution in [2.24, 2.45) is 0 Å². The molecule has 1 fully saturated rings. The van der Waals surface area contributed by atoms with Gasteiger partial charge in [0.05, 0.1) is 43.0 Å². The summed E-state index contributed by atoms with van der Waals surface area (Å²) in [6, 6.07) is 13.5. The number of likely N-dealkylation sites (tertiary alicyclic amines) is 1. The Kier molecular flexibility index (Phi) is 4.88. The Morgan fingerprint density at radius 3 is 2.65 bits per heavy atom. The molecular formula is C21H23N4O+. The van der Waals surface area contributed by atoms with Crippen LogP contribution in [0.1, 0.15) is 23.2 Å². The molecular weight excluding hydrogens is 324 g/mol. The Morgan fingerprint density at radius 1 is 1.08 bits per heavy atom. The van der Waals surface area contributed by atoms with E-state index in [9.17, 15) is 4.79 Å². The summed E-state index contributed by atoms with van der Waals surface area (Å²) in [5.41, 5.74) is 3.26. The minimum absolute atomic E-state index is 0.0301. The highest BCUT2D eigenvalue weighted by Gasteiger charge is 2.17. The molecule has 0 atom stereocenters. The lowest BCUT2D eigenvalue weighted by Crippen LogP contribution is -3.10. The number of nitrogens with one attached hydrogen (secondary N) is 2. The second-order valence-corrected chi connectivity index (χ2v) is 6.77. The lowest BCUT2D eigenvalue weighted by atomic mass is 10.0. The molecule has 1 aliphatic rings. The summed E-state index contributed by atoms with van der Waals surface area (Å²) in [6.45, 7) is 4.14. The molecule has 3 aromatic rings. The van der Waals surface area contributed by atoms with E-state index >= 15 is 0 Å². The number of benzene rings is 1. The van der Waals surface area contributed by atoms with Gasteiger partial charge in [0.25, 0.3) is 5.91 Å². The van der Waals surface area contributed by atoms with Crippen LogP contribution in [0, 0.1) is 0 Å². The highest BCUT2D eigenvalue weighted by atomic mass is 16.1.